The number of nitrogens with zero attached hydrogens (tertiary/aromatic N) is 1. The zero-order valence-corrected chi connectivity index (χ0v) is 10.1. The smallest absolute Gasteiger partial charge is 0.255 e. The van der Waals surface area contributed by atoms with Crippen molar-refractivity contribution in [2.75, 3.05) is 13.6 Å². The van der Waals surface area contributed by atoms with Gasteiger partial charge < -0.3 is 10.0 Å². The molecule has 0 saturated carbocycles. The van der Waals surface area contributed by atoms with Gasteiger partial charge in [0.05, 0.1) is 16.7 Å². The molecule has 1 N–H and O–H groups in total. The van der Waals surface area contributed by atoms with Crippen molar-refractivity contribution >= 4 is 17.5 Å². The lowest BCUT2D eigenvalue weighted by atomic mass is 10.2. The Morgan fingerprint density at radius 2 is 2.00 bits per heavy atom. The molecule has 0 aliphatic heterocycles. The van der Waals surface area contributed by atoms with Crippen LogP contribution in [-0.4, -0.2) is 35.6 Å². The summed E-state index contributed by atoms with van der Waals surface area (Å²) in [4.78, 5) is 13.0. The van der Waals surface area contributed by atoms with Gasteiger partial charge in [0, 0.05) is 13.6 Å². The largest absolute Gasteiger partial charge is 0.392 e. The Morgan fingerprint density at radius 1 is 1.47 bits per heavy atom. The molecule has 1 unspecified atom stereocenters. The highest BCUT2D eigenvalue weighted by Gasteiger charge is 2.19. The number of halogens is 3. The summed E-state index contributed by atoms with van der Waals surface area (Å²) in [6.45, 7) is 1.59. The topological polar surface area (TPSA) is 40.5 Å². The molecule has 0 heterocycles. The first-order valence-electron chi connectivity index (χ1n) is 4.91. The Hall–Kier alpha value is -1.20. The molecule has 1 atom stereocenters. The first kappa shape index (κ1) is 13.9. The molecular weight excluding hydrogens is 252 g/mol. The summed E-state index contributed by atoms with van der Waals surface area (Å²) >= 11 is 5.66. The van der Waals surface area contributed by atoms with Crippen molar-refractivity contribution in [3.05, 3.63) is 34.4 Å². The van der Waals surface area contributed by atoms with E-state index in [9.17, 15) is 13.6 Å². The number of carbonyl (C=O) groups is 1. The summed E-state index contributed by atoms with van der Waals surface area (Å²) in [6, 6.07) is 1.50. The molecule has 1 amide bonds. The van der Waals surface area contributed by atoms with Crippen molar-refractivity contribution in [2.24, 2.45) is 0 Å². The standard InChI is InChI=1S/C11H12ClF2NO2/c1-6(16)5-15(2)11(17)7-3-9(13)10(14)4-8(7)12/h3-4,6,16H,5H2,1-2H3. The fourth-order valence-corrected chi connectivity index (χ4v) is 1.60. The molecule has 0 fully saturated rings. The van der Waals surface area contributed by atoms with E-state index in [1.807, 2.05) is 0 Å². The number of likely N-dealkylation sites (N-methyl/N-ethyl adjacent to an activating group) is 1. The third kappa shape index (κ3) is 3.38. The van der Waals surface area contributed by atoms with Gasteiger partial charge in [0.2, 0.25) is 0 Å². The van der Waals surface area contributed by atoms with Crippen LogP contribution in [0.4, 0.5) is 8.78 Å². The lowest BCUT2D eigenvalue weighted by Gasteiger charge is -2.19. The zero-order valence-electron chi connectivity index (χ0n) is 9.38. The highest BCUT2D eigenvalue weighted by molar-refractivity contribution is 6.33. The van der Waals surface area contributed by atoms with E-state index in [-0.39, 0.29) is 17.1 Å². The van der Waals surface area contributed by atoms with Crippen molar-refractivity contribution in [1.29, 1.82) is 0 Å². The SMILES string of the molecule is CC(O)CN(C)C(=O)c1cc(F)c(F)cc1Cl. The summed E-state index contributed by atoms with van der Waals surface area (Å²) in [5, 5.41) is 8.96. The van der Waals surface area contributed by atoms with Gasteiger partial charge in [-0.15, -0.1) is 0 Å². The summed E-state index contributed by atoms with van der Waals surface area (Å²) in [5.41, 5.74) is -0.131. The third-order valence-corrected chi connectivity index (χ3v) is 2.44. The number of carbonyl (C=O) groups excluding carboxylic acids is 1. The Balaban J connectivity index is 3.00. The maximum absolute atomic E-state index is 13.0. The van der Waals surface area contributed by atoms with E-state index >= 15 is 0 Å². The molecule has 0 spiro atoms. The third-order valence-electron chi connectivity index (χ3n) is 2.13. The van der Waals surface area contributed by atoms with Crippen LogP contribution >= 0.6 is 11.6 Å². The molecular formula is C11H12ClF2NO2. The molecule has 1 aromatic carbocycles. The van der Waals surface area contributed by atoms with Crippen molar-refractivity contribution in [3.63, 3.8) is 0 Å². The van der Waals surface area contributed by atoms with Gasteiger partial charge in [0.25, 0.3) is 5.91 Å². The van der Waals surface area contributed by atoms with Gasteiger partial charge in [-0.05, 0) is 19.1 Å². The Morgan fingerprint density at radius 3 is 2.53 bits per heavy atom. The van der Waals surface area contributed by atoms with Crippen molar-refractivity contribution < 1.29 is 18.7 Å². The number of hydrogen-bond acceptors (Lipinski definition) is 2. The first-order chi connectivity index (χ1) is 7.82. The average molecular weight is 264 g/mol. The molecule has 0 aliphatic carbocycles. The van der Waals surface area contributed by atoms with E-state index in [4.69, 9.17) is 16.7 Å². The second-order valence-electron chi connectivity index (χ2n) is 3.78. The van der Waals surface area contributed by atoms with Crippen molar-refractivity contribution in [3.8, 4) is 0 Å². The van der Waals surface area contributed by atoms with Crippen LogP contribution in [0.1, 0.15) is 17.3 Å². The Bertz CT molecular complexity index is 438. The Kier molecular flexibility index (Phi) is 4.42. The van der Waals surface area contributed by atoms with Crippen molar-refractivity contribution in [1.82, 2.24) is 4.90 Å². The van der Waals surface area contributed by atoms with Crippen LogP contribution in [0, 0.1) is 11.6 Å². The molecule has 1 rings (SSSR count). The molecule has 17 heavy (non-hydrogen) atoms. The van der Waals surface area contributed by atoms with Crippen LogP contribution in [0.3, 0.4) is 0 Å². The van der Waals surface area contributed by atoms with Crippen LogP contribution in [-0.2, 0) is 0 Å². The first-order valence-corrected chi connectivity index (χ1v) is 5.28. The van der Waals surface area contributed by atoms with Gasteiger partial charge in [-0.25, -0.2) is 8.78 Å². The average Bonchev–Trinajstić information content (AvgIpc) is 2.21. The van der Waals surface area contributed by atoms with Gasteiger partial charge in [-0.1, -0.05) is 11.6 Å². The van der Waals surface area contributed by atoms with E-state index in [0.29, 0.717) is 0 Å². The molecule has 94 valence electrons. The van der Waals surface area contributed by atoms with Crippen LogP contribution in [0.25, 0.3) is 0 Å². The molecule has 1 aromatic rings. The highest BCUT2D eigenvalue weighted by atomic mass is 35.5. The number of hydrogen-bond donors (Lipinski definition) is 1. The predicted molar refractivity (Wildman–Crippen MR) is 60.0 cm³/mol. The summed E-state index contributed by atoms with van der Waals surface area (Å²) < 4.78 is 25.8. The normalized spacial score (nSPS) is 12.4. The Labute approximate surface area is 103 Å². The van der Waals surface area contributed by atoms with E-state index in [1.54, 1.807) is 0 Å². The second kappa shape index (κ2) is 5.42. The number of aliphatic hydroxyl groups is 1. The number of benzene rings is 1. The number of rotatable bonds is 3. The number of amides is 1. The minimum Gasteiger partial charge on any atom is -0.392 e. The zero-order chi connectivity index (χ0) is 13.2. The molecule has 3 nitrogen and oxygen atoms in total. The van der Waals surface area contributed by atoms with Crippen LogP contribution in [0.2, 0.25) is 5.02 Å². The van der Waals surface area contributed by atoms with E-state index in [2.05, 4.69) is 0 Å². The minimum atomic E-state index is -1.14. The van der Waals surface area contributed by atoms with Gasteiger partial charge in [0.1, 0.15) is 0 Å². The fraction of sp³-hybridized carbons (Fsp3) is 0.364. The minimum absolute atomic E-state index is 0.0775. The predicted octanol–water partition coefficient (Wildman–Crippen LogP) is 2.07. The summed E-state index contributed by atoms with van der Waals surface area (Å²) in [5.74, 6) is -2.82. The van der Waals surface area contributed by atoms with Crippen LogP contribution in [0.15, 0.2) is 12.1 Å². The van der Waals surface area contributed by atoms with Gasteiger partial charge >= 0.3 is 0 Å². The van der Waals surface area contributed by atoms with E-state index in [0.717, 1.165) is 12.1 Å². The molecule has 0 saturated heterocycles. The highest BCUT2D eigenvalue weighted by Crippen LogP contribution is 2.21. The molecule has 0 aromatic heterocycles. The van der Waals surface area contributed by atoms with Gasteiger partial charge in [0.15, 0.2) is 11.6 Å². The molecule has 0 aliphatic rings. The molecule has 0 bridgehead atoms. The second-order valence-corrected chi connectivity index (χ2v) is 4.19. The lowest BCUT2D eigenvalue weighted by molar-refractivity contribution is 0.0703. The van der Waals surface area contributed by atoms with Crippen LogP contribution in [0.5, 0.6) is 0 Å². The van der Waals surface area contributed by atoms with Crippen LogP contribution < -0.4 is 0 Å². The molecule has 0 radical (unpaired) electrons. The lowest BCUT2D eigenvalue weighted by Crippen LogP contribution is -2.33. The maximum atomic E-state index is 13.0. The quantitative estimate of drug-likeness (QED) is 0.848. The summed E-state index contributed by atoms with van der Waals surface area (Å²) in [6.07, 6.45) is -0.715. The monoisotopic (exact) mass is 263 g/mol. The number of aliphatic hydroxyl groups excluding tert-OH is 1. The van der Waals surface area contributed by atoms with Gasteiger partial charge in [-0.3, -0.25) is 4.79 Å². The van der Waals surface area contributed by atoms with Crippen molar-refractivity contribution in [2.45, 2.75) is 13.0 Å². The fourth-order valence-electron chi connectivity index (χ4n) is 1.37. The molecule has 6 heteroatoms. The van der Waals surface area contributed by atoms with E-state index in [1.165, 1.54) is 18.9 Å². The van der Waals surface area contributed by atoms with E-state index < -0.39 is 23.6 Å². The van der Waals surface area contributed by atoms with Gasteiger partial charge in [-0.2, -0.15) is 0 Å². The maximum Gasteiger partial charge on any atom is 0.255 e. The summed E-state index contributed by atoms with van der Waals surface area (Å²) in [7, 11) is 1.44.